The van der Waals surface area contributed by atoms with E-state index in [-0.39, 0.29) is 12.5 Å². The van der Waals surface area contributed by atoms with Crippen molar-refractivity contribution in [3.8, 4) is 0 Å². The van der Waals surface area contributed by atoms with Gasteiger partial charge >= 0.3 is 0 Å². The highest BCUT2D eigenvalue weighted by molar-refractivity contribution is 5.99. The predicted octanol–water partition coefficient (Wildman–Crippen LogP) is 2.05. The molecule has 0 spiro atoms. The molecule has 0 aliphatic rings. The third-order valence-electron chi connectivity index (χ3n) is 2.76. The molecule has 0 atom stereocenters. The number of hydrogen-bond donors (Lipinski definition) is 2. The lowest BCUT2D eigenvalue weighted by Gasteiger charge is -2.11. The molecule has 0 saturated heterocycles. The quantitative estimate of drug-likeness (QED) is 0.872. The molecule has 1 amide bonds. The number of nitrogens with zero attached hydrogens (tertiary/aromatic N) is 2. The fourth-order valence-corrected chi connectivity index (χ4v) is 1.86. The molecule has 6 heteroatoms. The standard InChI is InChI=1S/C14H18N4O2/c1-4-15-12-7-9(2)5-6-11(12)14(19)16-8-13-17-10(3)18-20-13/h5-7,15H,4,8H2,1-3H3,(H,16,19). The van der Waals surface area contributed by atoms with Gasteiger partial charge in [0.1, 0.15) is 0 Å². The third kappa shape index (κ3) is 3.34. The highest BCUT2D eigenvalue weighted by Gasteiger charge is 2.12. The minimum absolute atomic E-state index is 0.170. The first-order chi connectivity index (χ1) is 9.60. The second-order valence-electron chi connectivity index (χ2n) is 4.50. The van der Waals surface area contributed by atoms with Gasteiger partial charge in [0.2, 0.25) is 5.89 Å². The summed E-state index contributed by atoms with van der Waals surface area (Å²) in [4.78, 5) is 16.2. The van der Waals surface area contributed by atoms with Gasteiger partial charge in [-0.25, -0.2) is 0 Å². The summed E-state index contributed by atoms with van der Waals surface area (Å²) in [6.45, 7) is 6.69. The summed E-state index contributed by atoms with van der Waals surface area (Å²) in [5.74, 6) is 0.780. The van der Waals surface area contributed by atoms with Gasteiger partial charge in [-0.15, -0.1) is 0 Å². The number of nitrogens with one attached hydrogen (secondary N) is 2. The third-order valence-corrected chi connectivity index (χ3v) is 2.76. The number of carbonyl (C=O) groups excluding carboxylic acids is 1. The minimum atomic E-state index is -0.170. The molecule has 20 heavy (non-hydrogen) atoms. The summed E-state index contributed by atoms with van der Waals surface area (Å²) in [5.41, 5.74) is 2.53. The fraction of sp³-hybridized carbons (Fsp3) is 0.357. The highest BCUT2D eigenvalue weighted by Crippen LogP contribution is 2.17. The second-order valence-corrected chi connectivity index (χ2v) is 4.50. The van der Waals surface area contributed by atoms with Crippen molar-refractivity contribution in [2.75, 3.05) is 11.9 Å². The highest BCUT2D eigenvalue weighted by atomic mass is 16.5. The average Bonchev–Trinajstić information content (AvgIpc) is 2.82. The molecule has 0 unspecified atom stereocenters. The van der Waals surface area contributed by atoms with E-state index in [0.29, 0.717) is 17.3 Å². The molecule has 1 aromatic heterocycles. The van der Waals surface area contributed by atoms with E-state index in [1.54, 1.807) is 6.92 Å². The molecule has 0 bridgehead atoms. The van der Waals surface area contributed by atoms with Crippen LogP contribution in [0.15, 0.2) is 22.7 Å². The fourth-order valence-electron chi connectivity index (χ4n) is 1.86. The zero-order valence-corrected chi connectivity index (χ0v) is 11.9. The number of rotatable bonds is 5. The molecule has 6 nitrogen and oxygen atoms in total. The maximum absolute atomic E-state index is 12.2. The van der Waals surface area contributed by atoms with Crippen LogP contribution in [-0.2, 0) is 6.54 Å². The van der Waals surface area contributed by atoms with Crippen LogP contribution >= 0.6 is 0 Å². The molecule has 0 aliphatic carbocycles. The van der Waals surface area contributed by atoms with Gasteiger partial charge < -0.3 is 15.2 Å². The van der Waals surface area contributed by atoms with Crippen LogP contribution in [0, 0.1) is 13.8 Å². The Kier molecular flexibility index (Phi) is 4.34. The minimum Gasteiger partial charge on any atom is -0.385 e. The summed E-state index contributed by atoms with van der Waals surface area (Å²) in [6, 6.07) is 5.67. The Morgan fingerprint density at radius 2 is 2.15 bits per heavy atom. The molecule has 2 N–H and O–H groups in total. The van der Waals surface area contributed by atoms with Gasteiger partial charge in [0.25, 0.3) is 5.91 Å². The van der Waals surface area contributed by atoms with Crippen LogP contribution in [0.5, 0.6) is 0 Å². The first-order valence-corrected chi connectivity index (χ1v) is 6.52. The predicted molar refractivity (Wildman–Crippen MR) is 75.5 cm³/mol. The Morgan fingerprint density at radius 1 is 1.35 bits per heavy atom. The van der Waals surface area contributed by atoms with E-state index in [9.17, 15) is 4.79 Å². The number of carbonyl (C=O) groups is 1. The number of anilines is 1. The van der Waals surface area contributed by atoms with Gasteiger partial charge in [-0.05, 0) is 38.5 Å². The van der Waals surface area contributed by atoms with Crippen molar-refractivity contribution in [1.29, 1.82) is 0 Å². The number of amides is 1. The van der Waals surface area contributed by atoms with E-state index in [4.69, 9.17) is 4.52 Å². The molecule has 0 saturated carbocycles. The summed E-state index contributed by atoms with van der Waals surface area (Å²) in [5, 5.41) is 9.64. The van der Waals surface area contributed by atoms with E-state index in [2.05, 4.69) is 20.8 Å². The molecular weight excluding hydrogens is 256 g/mol. The Balaban J connectivity index is 2.08. The molecule has 1 aromatic carbocycles. The lowest BCUT2D eigenvalue weighted by Crippen LogP contribution is -2.24. The van der Waals surface area contributed by atoms with Gasteiger partial charge in [0.15, 0.2) is 5.82 Å². The molecule has 0 fully saturated rings. The van der Waals surface area contributed by atoms with Crippen LogP contribution in [0.2, 0.25) is 0 Å². The van der Waals surface area contributed by atoms with E-state index in [0.717, 1.165) is 17.8 Å². The maximum atomic E-state index is 12.2. The van der Waals surface area contributed by atoms with Crippen molar-refractivity contribution < 1.29 is 9.32 Å². The van der Waals surface area contributed by atoms with Gasteiger partial charge in [-0.1, -0.05) is 11.2 Å². The largest absolute Gasteiger partial charge is 0.385 e. The van der Waals surface area contributed by atoms with Crippen molar-refractivity contribution in [2.24, 2.45) is 0 Å². The Labute approximate surface area is 117 Å². The van der Waals surface area contributed by atoms with Gasteiger partial charge in [0.05, 0.1) is 12.1 Å². The summed E-state index contributed by atoms with van der Waals surface area (Å²) in [6.07, 6.45) is 0. The molecule has 106 valence electrons. The van der Waals surface area contributed by atoms with Crippen molar-refractivity contribution in [3.05, 3.63) is 41.0 Å². The summed E-state index contributed by atoms with van der Waals surface area (Å²) >= 11 is 0. The number of aromatic nitrogens is 2. The zero-order chi connectivity index (χ0) is 14.5. The molecule has 1 heterocycles. The monoisotopic (exact) mass is 274 g/mol. The molecule has 0 radical (unpaired) electrons. The maximum Gasteiger partial charge on any atom is 0.253 e. The first kappa shape index (κ1) is 14.0. The van der Waals surface area contributed by atoms with E-state index in [1.165, 1.54) is 0 Å². The van der Waals surface area contributed by atoms with Gasteiger partial charge in [0, 0.05) is 12.2 Å². The van der Waals surface area contributed by atoms with E-state index < -0.39 is 0 Å². The van der Waals surface area contributed by atoms with Crippen LogP contribution in [0.4, 0.5) is 5.69 Å². The van der Waals surface area contributed by atoms with Crippen LogP contribution in [0.1, 0.15) is 34.6 Å². The van der Waals surface area contributed by atoms with Crippen LogP contribution in [0.25, 0.3) is 0 Å². The van der Waals surface area contributed by atoms with Crippen LogP contribution in [0.3, 0.4) is 0 Å². The number of benzene rings is 1. The Bertz CT molecular complexity index is 607. The Morgan fingerprint density at radius 3 is 2.80 bits per heavy atom. The van der Waals surface area contributed by atoms with E-state index >= 15 is 0 Å². The second kappa shape index (κ2) is 6.18. The van der Waals surface area contributed by atoms with Crippen molar-refractivity contribution >= 4 is 11.6 Å². The van der Waals surface area contributed by atoms with E-state index in [1.807, 2.05) is 32.0 Å². The van der Waals surface area contributed by atoms with Crippen LogP contribution in [-0.4, -0.2) is 22.6 Å². The van der Waals surface area contributed by atoms with Gasteiger partial charge in [-0.3, -0.25) is 4.79 Å². The SMILES string of the molecule is CCNc1cc(C)ccc1C(=O)NCc1nc(C)no1. The normalized spacial score (nSPS) is 10.3. The smallest absolute Gasteiger partial charge is 0.253 e. The average molecular weight is 274 g/mol. The lowest BCUT2D eigenvalue weighted by molar-refractivity contribution is 0.0947. The Hall–Kier alpha value is -2.37. The van der Waals surface area contributed by atoms with Crippen molar-refractivity contribution in [3.63, 3.8) is 0 Å². The van der Waals surface area contributed by atoms with Crippen molar-refractivity contribution in [1.82, 2.24) is 15.5 Å². The topological polar surface area (TPSA) is 80.0 Å². The molecule has 2 aromatic rings. The van der Waals surface area contributed by atoms with Gasteiger partial charge in [-0.2, -0.15) is 4.98 Å². The van der Waals surface area contributed by atoms with Crippen LogP contribution < -0.4 is 10.6 Å². The number of hydrogen-bond acceptors (Lipinski definition) is 5. The first-order valence-electron chi connectivity index (χ1n) is 6.52. The molecular formula is C14H18N4O2. The van der Waals surface area contributed by atoms with Crippen molar-refractivity contribution in [2.45, 2.75) is 27.3 Å². The molecule has 0 aliphatic heterocycles. The number of aryl methyl sites for hydroxylation is 2. The summed E-state index contributed by atoms with van der Waals surface area (Å²) < 4.78 is 4.96. The lowest BCUT2D eigenvalue weighted by atomic mass is 10.1. The molecule has 2 rings (SSSR count). The zero-order valence-electron chi connectivity index (χ0n) is 11.9. The summed E-state index contributed by atoms with van der Waals surface area (Å²) in [7, 11) is 0.